The molecule has 0 atom stereocenters. The number of rotatable bonds is 2. The zero-order valence-electron chi connectivity index (χ0n) is 30.4. The van der Waals surface area contributed by atoms with Crippen molar-refractivity contribution in [1.82, 2.24) is 0 Å². The van der Waals surface area contributed by atoms with Gasteiger partial charge in [-0.1, -0.05) is 96.7 Å². The zero-order valence-corrected chi connectivity index (χ0v) is 15.0. The summed E-state index contributed by atoms with van der Waals surface area (Å²) in [6.07, 6.45) is 0. The minimum atomic E-state index is -0.858. The molecule has 128 valence electrons. The van der Waals surface area contributed by atoms with Gasteiger partial charge in [0.2, 0.25) is 0 Å². The fraction of sp³-hybridized carbons (Fsp3) is 0. The Labute approximate surface area is 191 Å². The molecule has 0 aromatic heterocycles. The van der Waals surface area contributed by atoms with Crippen LogP contribution in [-0.4, -0.2) is 0 Å². The number of hydrogen-bond acceptors (Lipinski definition) is 0. The van der Waals surface area contributed by atoms with E-state index in [-0.39, 0.29) is 26.0 Å². The molecule has 0 heterocycles. The third-order valence-electron chi connectivity index (χ3n) is 3.94. The zero-order chi connectivity index (χ0) is 33.0. The third kappa shape index (κ3) is 2.75. The van der Waals surface area contributed by atoms with Crippen molar-refractivity contribution in [3.05, 3.63) is 107 Å². The minimum Gasteiger partial charge on any atom is -0.0622 e. The van der Waals surface area contributed by atoms with Gasteiger partial charge < -0.3 is 0 Å². The molecule has 0 N–H and O–H groups in total. The summed E-state index contributed by atoms with van der Waals surface area (Å²) < 4.78 is 144. The van der Waals surface area contributed by atoms with Crippen LogP contribution in [0.2, 0.25) is 0 Å². The summed E-state index contributed by atoms with van der Waals surface area (Å²) in [4.78, 5) is 0. The van der Waals surface area contributed by atoms with E-state index in [1.165, 1.54) is 0 Å². The summed E-state index contributed by atoms with van der Waals surface area (Å²) in [6.45, 7) is 0. The molecule has 5 aromatic carbocycles. The van der Waals surface area contributed by atoms with Crippen LogP contribution in [0.1, 0.15) is 23.3 Å². The van der Waals surface area contributed by atoms with E-state index in [1.54, 1.807) is 0 Å². The lowest BCUT2D eigenvalue weighted by Gasteiger charge is -2.15. The normalized spacial score (nSPS) is 20.0. The van der Waals surface area contributed by atoms with Crippen LogP contribution >= 0.6 is 15.9 Å². The Kier molecular flexibility index (Phi) is 1.56. The van der Waals surface area contributed by atoms with Crippen LogP contribution in [0.25, 0.3) is 43.8 Å². The van der Waals surface area contributed by atoms with Gasteiger partial charge >= 0.3 is 0 Å². The van der Waals surface area contributed by atoms with Gasteiger partial charge in [-0.2, -0.15) is 0 Å². The average molecular weight is 426 g/mol. The van der Waals surface area contributed by atoms with Gasteiger partial charge in [0.1, 0.15) is 0 Å². The second-order valence-corrected chi connectivity index (χ2v) is 6.23. The van der Waals surface area contributed by atoms with E-state index >= 15 is 0 Å². The number of fused-ring (bicyclic) bond motifs is 2. The molecule has 0 aliphatic heterocycles. The maximum absolute atomic E-state index is 9.18. The lowest BCUT2D eigenvalue weighted by atomic mass is 9.90. The summed E-state index contributed by atoms with van der Waals surface area (Å²) in [5.74, 6) is 0. The molecule has 5 aromatic rings. The SMILES string of the molecule is [2H]c1c([2H])c([2H])c(-c2c([2H])c([2H])c([2H])c(-c3c4c([2H])c([2H])c([2H])c([2H])c4c(Br)c4c([2H])c([2H])c([2H])c([2H])c34)c2[2H])c([2H])c1[2H]. The van der Waals surface area contributed by atoms with E-state index in [0.29, 0.717) is 0 Å². The summed E-state index contributed by atoms with van der Waals surface area (Å²) >= 11 is 3.27. The van der Waals surface area contributed by atoms with E-state index in [2.05, 4.69) is 15.9 Å². The summed E-state index contributed by atoms with van der Waals surface area (Å²) in [6, 6.07) is -12.6. The highest BCUT2D eigenvalue weighted by molar-refractivity contribution is 9.10. The summed E-state index contributed by atoms with van der Waals surface area (Å²) in [5, 5.41) is -1.19. The molecule has 0 nitrogen and oxygen atoms in total. The molecule has 1 heteroatoms. The van der Waals surface area contributed by atoms with E-state index in [0.717, 1.165) is 0 Å². The van der Waals surface area contributed by atoms with E-state index in [4.69, 9.17) is 21.9 Å². The van der Waals surface area contributed by atoms with Crippen molar-refractivity contribution in [3.63, 3.8) is 0 Å². The third-order valence-corrected chi connectivity index (χ3v) is 4.73. The Hall–Kier alpha value is -2.90. The average Bonchev–Trinajstić information content (AvgIpc) is 2.99. The van der Waals surface area contributed by atoms with Gasteiger partial charge in [-0.15, -0.1) is 0 Å². The lowest BCUT2D eigenvalue weighted by Crippen LogP contribution is -1.88. The van der Waals surface area contributed by atoms with Crippen LogP contribution in [0.3, 0.4) is 0 Å². The van der Waals surface area contributed by atoms with E-state index in [9.17, 15) is 1.37 Å². The molecule has 0 aliphatic carbocycles. The first kappa shape index (κ1) is 6.32. The number of halogens is 1. The van der Waals surface area contributed by atoms with Crippen LogP contribution < -0.4 is 0 Å². The molecule has 0 saturated carbocycles. The molecule has 0 bridgehead atoms. The molecule has 0 radical (unpaired) electrons. The predicted octanol–water partition coefficient (Wildman–Crippen LogP) is 8.09. The predicted molar refractivity (Wildman–Crippen MR) is 120 cm³/mol. The van der Waals surface area contributed by atoms with Crippen LogP contribution in [-0.2, 0) is 0 Å². The first-order valence-electron chi connectivity index (χ1n) is 16.2. The monoisotopic (exact) mass is 425 g/mol. The van der Waals surface area contributed by atoms with Gasteiger partial charge in [0.25, 0.3) is 0 Å². The second-order valence-electron chi connectivity index (χ2n) is 5.44. The molecule has 0 spiro atoms. The molecule has 5 rings (SSSR count). The molecule has 27 heavy (non-hydrogen) atoms. The molecular formula is C26H17Br. The van der Waals surface area contributed by atoms with Crippen LogP contribution in [0.15, 0.2) is 107 Å². The molecule has 0 saturated heterocycles. The van der Waals surface area contributed by atoms with Gasteiger partial charge in [0.05, 0.1) is 23.3 Å². The maximum atomic E-state index is 9.18. The number of hydrogen-bond donors (Lipinski definition) is 0. The smallest absolute Gasteiger partial charge is 0.0622 e. The standard InChI is InChI=1S/C26H17Br/c27-26-23-15-6-4-13-21(23)25(22-14-5-7-16-24(22)26)20-12-8-11-19(17-20)18-9-2-1-3-10-18/h1-17H/i1D,2D,3D,4D,5D,6D,7D,8D,9D,10D,11D,12D,13D,14D,15D,16D,17D. The molecule has 0 fully saturated rings. The Morgan fingerprint density at radius 1 is 0.481 bits per heavy atom. The van der Waals surface area contributed by atoms with Crippen LogP contribution in [0.4, 0.5) is 0 Å². The van der Waals surface area contributed by atoms with Crippen molar-refractivity contribution in [1.29, 1.82) is 0 Å². The second kappa shape index (κ2) is 6.68. The van der Waals surface area contributed by atoms with Crippen molar-refractivity contribution < 1.29 is 23.3 Å². The molecule has 0 unspecified atom stereocenters. The quantitative estimate of drug-likeness (QED) is 0.250. The van der Waals surface area contributed by atoms with Crippen molar-refractivity contribution >= 4 is 37.5 Å². The summed E-state index contributed by atoms with van der Waals surface area (Å²) in [5.41, 5.74) is -2.28. The topological polar surface area (TPSA) is 0 Å². The Morgan fingerprint density at radius 2 is 0.963 bits per heavy atom. The lowest BCUT2D eigenvalue weighted by molar-refractivity contribution is 1.61. The van der Waals surface area contributed by atoms with Crippen LogP contribution in [0, 0.1) is 0 Å². The van der Waals surface area contributed by atoms with Gasteiger partial charge in [-0.25, -0.2) is 0 Å². The van der Waals surface area contributed by atoms with Crippen molar-refractivity contribution in [2.45, 2.75) is 0 Å². The first-order chi connectivity index (χ1) is 20.4. The Bertz CT molecular complexity index is 2050. The summed E-state index contributed by atoms with van der Waals surface area (Å²) in [7, 11) is 0. The number of benzene rings is 5. The van der Waals surface area contributed by atoms with Gasteiger partial charge in [0, 0.05) is 4.47 Å². The molecular weight excluding hydrogens is 392 g/mol. The highest BCUT2D eigenvalue weighted by atomic mass is 79.9. The van der Waals surface area contributed by atoms with Gasteiger partial charge in [-0.3, -0.25) is 0 Å². The maximum Gasteiger partial charge on any atom is 0.0636 e. The van der Waals surface area contributed by atoms with Gasteiger partial charge in [-0.05, 0) is 65.8 Å². The molecule has 0 aliphatic rings. The molecule has 0 amide bonds. The Balaban J connectivity index is 2.21. The largest absolute Gasteiger partial charge is 0.0636 e. The van der Waals surface area contributed by atoms with Gasteiger partial charge in [0.15, 0.2) is 0 Å². The highest BCUT2D eigenvalue weighted by Gasteiger charge is 2.13. The van der Waals surface area contributed by atoms with Crippen molar-refractivity contribution in [2.75, 3.05) is 0 Å². The van der Waals surface area contributed by atoms with Crippen LogP contribution in [0.5, 0.6) is 0 Å². The fourth-order valence-corrected chi connectivity index (χ4v) is 3.39. The fourth-order valence-electron chi connectivity index (χ4n) is 2.80. The minimum absolute atomic E-state index is 0.114. The van der Waals surface area contributed by atoms with E-state index in [1.807, 2.05) is 0 Å². The Morgan fingerprint density at radius 3 is 1.59 bits per heavy atom. The first-order valence-corrected chi connectivity index (χ1v) is 8.48. The highest BCUT2D eigenvalue weighted by Crippen LogP contribution is 2.42. The van der Waals surface area contributed by atoms with Crippen molar-refractivity contribution in [2.24, 2.45) is 0 Å². The van der Waals surface area contributed by atoms with Crippen molar-refractivity contribution in [3.8, 4) is 22.3 Å². The van der Waals surface area contributed by atoms with E-state index < -0.39 is 125 Å².